The van der Waals surface area contributed by atoms with E-state index in [1.54, 1.807) is 37.5 Å². The number of aryl methyl sites for hydroxylation is 1. The van der Waals surface area contributed by atoms with Crippen LogP contribution in [0.2, 0.25) is 5.02 Å². The van der Waals surface area contributed by atoms with Gasteiger partial charge >= 0.3 is 0 Å². The first-order valence-electron chi connectivity index (χ1n) is 6.65. The summed E-state index contributed by atoms with van der Waals surface area (Å²) in [6.45, 7) is 2.70. The Balaban J connectivity index is 1.83. The number of hydrogen-bond donors (Lipinski definition) is 0. The molecule has 0 unspecified atom stereocenters. The van der Waals surface area contributed by atoms with Crippen molar-refractivity contribution < 1.29 is 8.42 Å². The van der Waals surface area contributed by atoms with Crippen LogP contribution in [0.15, 0.2) is 47.6 Å². The van der Waals surface area contributed by atoms with Crippen molar-refractivity contribution in [1.29, 1.82) is 0 Å². The van der Waals surface area contributed by atoms with Crippen LogP contribution >= 0.6 is 11.6 Å². The van der Waals surface area contributed by atoms with Crippen molar-refractivity contribution in [2.75, 3.05) is 13.1 Å². The molecular formula is C15H15ClN2O2S. The van der Waals surface area contributed by atoms with Gasteiger partial charge in [-0.2, -0.15) is 4.31 Å². The molecule has 1 aliphatic rings. The van der Waals surface area contributed by atoms with Gasteiger partial charge in [0.25, 0.3) is 0 Å². The van der Waals surface area contributed by atoms with E-state index in [9.17, 15) is 8.42 Å². The van der Waals surface area contributed by atoms with Crippen molar-refractivity contribution in [2.24, 2.45) is 0 Å². The Hall–Kier alpha value is -1.43. The Morgan fingerprint density at radius 1 is 1.24 bits per heavy atom. The van der Waals surface area contributed by atoms with Crippen LogP contribution in [0.5, 0.6) is 0 Å². The minimum absolute atomic E-state index is 0.205. The molecule has 4 nitrogen and oxygen atoms in total. The summed E-state index contributed by atoms with van der Waals surface area (Å²) in [5, 5.41) is 0.278. The van der Waals surface area contributed by atoms with Gasteiger partial charge in [-0.25, -0.2) is 8.42 Å². The predicted octanol–water partition coefficient (Wildman–Crippen LogP) is 2.83. The highest BCUT2D eigenvalue weighted by Gasteiger charge is 2.38. The van der Waals surface area contributed by atoms with Gasteiger partial charge in [0.15, 0.2) is 0 Å². The highest BCUT2D eigenvalue weighted by atomic mass is 35.5. The third kappa shape index (κ3) is 2.57. The van der Waals surface area contributed by atoms with E-state index in [0.29, 0.717) is 18.7 Å². The van der Waals surface area contributed by atoms with Crippen molar-refractivity contribution in [3.8, 4) is 0 Å². The zero-order valence-electron chi connectivity index (χ0n) is 11.5. The van der Waals surface area contributed by atoms with E-state index in [1.165, 1.54) is 4.31 Å². The van der Waals surface area contributed by atoms with Crippen LogP contribution in [-0.4, -0.2) is 30.8 Å². The van der Waals surface area contributed by atoms with E-state index in [-0.39, 0.29) is 15.8 Å². The van der Waals surface area contributed by atoms with E-state index in [2.05, 4.69) is 4.98 Å². The summed E-state index contributed by atoms with van der Waals surface area (Å²) in [5.41, 5.74) is 1.74. The fraction of sp³-hybridized carbons (Fsp3) is 0.267. The molecule has 1 saturated heterocycles. The molecule has 0 amide bonds. The lowest BCUT2D eigenvalue weighted by Crippen LogP contribution is -2.48. The van der Waals surface area contributed by atoms with Gasteiger partial charge in [-0.15, -0.1) is 0 Å². The SMILES string of the molecule is Cc1cccc(Cl)c1S(=O)(=O)N1CC(c2cccnc2)C1. The van der Waals surface area contributed by atoms with Crippen molar-refractivity contribution in [3.05, 3.63) is 58.9 Å². The molecule has 3 rings (SSSR count). The number of sulfonamides is 1. The highest BCUT2D eigenvalue weighted by molar-refractivity contribution is 7.89. The lowest BCUT2D eigenvalue weighted by Gasteiger charge is -2.38. The maximum absolute atomic E-state index is 12.7. The zero-order chi connectivity index (χ0) is 15.0. The summed E-state index contributed by atoms with van der Waals surface area (Å²) >= 11 is 6.08. The Kier molecular flexibility index (Phi) is 3.73. The maximum atomic E-state index is 12.7. The smallest absolute Gasteiger partial charge is 0.244 e. The van der Waals surface area contributed by atoms with Gasteiger partial charge in [-0.1, -0.05) is 29.8 Å². The number of hydrogen-bond acceptors (Lipinski definition) is 3. The van der Waals surface area contributed by atoms with Crippen LogP contribution < -0.4 is 0 Å². The molecule has 2 heterocycles. The summed E-state index contributed by atoms with van der Waals surface area (Å²) in [4.78, 5) is 4.29. The Morgan fingerprint density at radius 2 is 2.00 bits per heavy atom. The van der Waals surface area contributed by atoms with E-state index >= 15 is 0 Å². The highest BCUT2D eigenvalue weighted by Crippen LogP contribution is 2.35. The van der Waals surface area contributed by atoms with E-state index < -0.39 is 10.0 Å². The largest absolute Gasteiger partial charge is 0.264 e. The van der Waals surface area contributed by atoms with Crippen LogP contribution in [0.3, 0.4) is 0 Å². The second kappa shape index (κ2) is 5.40. The average Bonchev–Trinajstić information content (AvgIpc) is 2.37. The van der Waals surface area contributed by atoms with E-state index in [0.717, 1.165) is 5.56 Å². The third-order valence-electron chi connectivity index (χ3n) is 3.77. The molecule has 1 aromatic heterocycles. The fourth-order valence-corrected chi connectivity index (χ4v) is 4.85. The Labute approximate surface area is 129 Å². The van der Waals surface area contributed by atoms with Crippen LogP contribution in [0, 0.1) is 6.92 Å². The Morgan fingerprint density at radius 3 is 2.62 bits per heavy atom. The quantitative estimate of drug-likeness (QED) is 0.873. The number of pyridine rings is 1. The van der Waals surface area contributed by atoms with Gasteiger partial charge < -0.3 is 0 Å². The molecule has 0 radical (unpaired) electrons. The van der Waals surface area contributed by atoms with Crippen molar-refractivity contribution >= 4 is 21.6 Å². The molecular weight excluding hydrogens is 308 g/mol. The predicted molar refractivity (Wildman–Crippen MR) is 81.9 cm³/mol. The lowest BCUT2D eigenvalue weighted by atomic mass is 9.95. The number of benzene rings is 1. The Bertz CT molecular complexity index is 736. The van der Waals surface area contributed by atoms with Crippen molar-refractivity contribution in [1.82, 2.24) is 9.29 Å². The standard InChI is InChI=1S/C15H15ClN2O2S/c1-11-4-2-6-14(16)15(11)21(19,20)18-9-13(10-18)12-5-3-7-17-8-12/h2-8,13H,9-10H2,1H3. The van der Waals surface area contributed by atoms with E-state index in [1.807, 2.05) is 12.1 Å². The average molecular weight is 323 g/mol. The summed E-state index contributed by atoms with van der Waals surface area (Å²) in [7, 11) is -3.52. The topological polar surface area (TPSA) is 50.3 Å². The second-order valence-electron chi connectivity index (χ2n) is 5.19. The molecule has 0 saturated carbocycles. The molecule has 0 spiro atoms. The molecule has 0 N–H and O–H groups in total. The summed E-state index contributed by atoms with van der Waals surface area (Å²) in [6.07, 6.45) is 3.50. The molecule has 1 fully saturated rings. The number of aromatic nitrogens is 1. The van der Waals surface area contributed by atoms with Gasteiger partial charge in [0, 0.05) is 31.4 Å². The first kappa shape index (κ1) is 14.5. The van der Waals surface area contributed by atoms with Gasteiger partial charge in [-0.3, -0.25) is 4.98 Å². The third-order valence-corrected chi connectivity index (χ3v) is 6.23. The van der Waals surface area contributed by atoms with E-state index in [4.69, 9.17) is 11.6 Å². The van der Waals surface area contributed by atoms with Crippen LogP contribution in [0.4, 0.5) is 0 Å². The summed E-state index contributed by atoms with van der Waals surface area (Å²) in [6, 6.07) is 8.97. The van der Waals surface area contributed by atoms with Crippen LogP contribution in [-0.2, 0) is 10.0 Å². The van der Waals surface area contributed by atoms with Crippen molar-refractivity contribution in [3.63, 3.8) is 0 Å². The first-order chi connectivity index (χ1) is 10.00. The first-order valence-corrected chi connectivity index (χ1v) is 8.47. The number of nitrogens with zero attached hydrogens (tertiary/aromatic N) is 2. The van der Waals surface area contributed by atoms with Gasteiger partial charge in [-0.05, 0) is 30.2 Å². The normalized spacial score (nSPS) is 16.7. The molecule has 1 aromatic carbocycles. The molecule has 1 aliphatic heterocycles. The van der Waals surface area contributed by atoms with Crippen LogP contribution in [0.1, 0.15) is 17.0 Å². The second-order valence-corrected chi connectivity index (χ2v) is 7.47. The number of halogens is 1. The zero-order valence-corrected chi connectivity index (χ0v) is 13.1. The molecule has 2 aromatic rings. The van der Waals surface area contributed by atoms with Gasteiger partial charge in [0.2, 0.25) is 10.0 Å². The molecule has 21 heavy (non-hydrogen) atoms. The lowest BCUT2D eigenvalue weighted by molar-refractivity contribution is 0.263. The minimum Gasteiger partial charge on any atom is -0.264 e. The molecule has 0 aliphatic carbocycles. The summed E-state index contributed by atoms with van der Waals surface area (Å²) < 4.78 is 26.8. The fourth-order valence-electron chi connectivity index (χ4n) is 2.54. The molecule has 0 atom stereocenters. The molecule has 0 bridgehead atoms. The van der Waals surface area contributed by atoms with Gasteiger partial charge in [0.1, 0.15) is 4.90 Å². The molecule has 110 valence electrons. The maximum Gasteiger partial charge on any atom is 0.244 e. The summed E-state index contributed by atoms with van der Waals surface area (Å²) in [5.74, 6) is 0.205. The van der Waals surface area contributed by atoms with Crippen LogP contribution in [0.25, 0.3) is 0 Å². The minimum atomic E-state index is -3.52. The monoisotopic (exact) mass is 322 g/mol. The van der Waals surface area contributed by atoms with Crippen molar-refractivity contribution in [2.45, 2.75) is 17.7 Å². The molecule has 6 heteroatoms. The number of rotatable bonds is 3. The van der Waals surface area contributed by atoms with Gasteiger partial charge in [0.05, 0.1) is 5.02 Å².